The standard InChI is InChI=1S/C24H30O4/c1-16(5-9-20-17(2)6-11-22(25)24(20,3)4)13-14-27-19-8-10-21-18(15-19)7-12-23(26)28-21/h6-8,10,12-13,15,20,22,25H,5,9,11,14H2,1-4H3. The zero-order valence-electron chi connectivity index (χ0n) is 17.2. The number of aliphatic hydroxyl groups is 1. The Balaban J connectivity index is 1.56. The summed E-state index contributed by atoms with van der Waals surface area (Å²) in [6, 6.07) is 8.60. The minimum Gasteiger partial charge on any atom is -0.490 e. The monoisotopic (exact) mass is 382 g/mol. The van der Waals surface area contributed by atoms with Crippen LogP contribution in [0.4, 0.5) is 0 Å². The highest BCUT2D eigenvalue weighted by atomic mass is 16.5. The van der Waals surface area contributed by atoms with Crippen LogP contribution in [-0.4, -0.2) is 17.8 Å². The molecular formula is C24H30O4. The minimum atomic E-state index is -0.349. The van der Waals surface area contributed by atoms with Gasteiger partial charge in [0.2, 0.25) is 0 Å². The average Bonchev–Trinajstić information content (AvgIpc) is 2.65. The summed E-state index contributed by atoms with van der Waals surface area (Å²) in [7, 11) is 0. The second kappa shape index (κ2) is 8.36. The number of rotatable bonds is 6. The van der Waals surface area contributed by atoms with Gasteiger partial charge in [0.1, 0.15) is 17.9 Å². The van der Waals surface area contributed by atoms with Gasteiger partial charge in [-0.05, 0) is 74.8 Å². The molecule has 4 heteroatoms. The van der Waals surface area contributed by atoms with Gasteiger partial charge in [0.15, 0.2) is 0 Å². The van der Waals surface area contributed by atoms with Crippen molar-refractivity contribution in [2.45, 2.75) is 53.1 Å². The molecular weight excluding hydrogens is 352 g/mol. The summed E-state index contributed by atoms with van der Waals surface area (Å²) in [5.41, 5.74) is 2.80. The summed E-state index contributed by atoms with van der Waals surface area (Å²) >= 11 is 0. The fraction of sp³-hybridized carbons (Fsp3) is 0.458. The van der Waals surface area contributed by atoms with Gasteiger partial charge >= 0.3 is 5.63 Å². The summed E-state index contributed by atoms with van der Waals surface area (Å²) < 4.78 is 11.0. The largest absolute Gasteiger partial charge is 0.490 e. The molecule has 0 spiro atoms. The van der Waals surface area contributed by atoms with Crippen molar-refractivity contribution in [2.75, 3.05) is 6.61 Å². The number of aliphatic hydroxyl groups excluding tert-OH is 1. The van der Waals surface area contributed by atoms with Gasteiger partial charge in [0.25, 0.3) is 0 Å². The van der Waals surface area contributed by atoms with Crippen molar-refractivity contribution < 1.29 is 14.3 Å². The molecule has 28 heavy (non-hydrogen) atoms. The number of hydrogen-bond acceptors (Lipinski definition) is 4. The van der Waals surface area contributed by atoms with Gasteiger partial charge in [-0.15, -0.1) is 0 Å². The van der Waals surface area contributed by atoms with Crippen LogP contribution in [0, 0.1) is 11.3 Å². The highest BCUT2D eigenvalue weighted by Crippen LogP contribution is 2.43. The molecule has 1 aromatic heterocycles. The summed E-state index contributed by atoms with van der Waals surface area (Å²) in [5.74, 6) is 1.15. The van der Waals surface area contributed by atoms with E-state index >= 15 is 0 Å². The summed E-state index contributed by atoms with van der Waals surface area (Å²) in [6.07, 6.45) is 6.80. The molecule has 2 aromatic rings. The molecule has 0 radical (unpaired) electrons. The van der Waals surface area contributed by atoms with E-state index in [0.717, 1.165) is 30.4 Å². The molecule has 4 nitrogen and oxygen atoms in total. The SMILES string of the molecule is CC(=CCOc1ccc2oc(=O)ccc2c1)CCC1C(C)=CCC(O)C1(C)C. The molecule has 0 fully saturated rings. The molecule has 0 bridgehead atoms. The Labute approximate surface area is 166 Å². The smallest absolute Gasteiger partial charge is 0.336 e. The molecule has 1 aromatic carbocycles. The van der Waals surface area contributed by atoms with Crippen molar-refractivity contribution in [2.24, 2.45) is 11.3 Å². The van der Waals surface area contributed by atoms with Crippen molar-refractivity contribution in [3.8, 4) is 5.75 Å². The maximum Gasteiger partial charge on any atom is 0.336 e. The Kier molecular flexibility index (Phi) is 6.09. The van der Waals surface area contributed by atoms with E-state index in [4.69, 9.17) is 9.15 Å². The van der Waals surface area contributed by atoms with Crippen LogP contribution in [0.1, 0.15) is 47.0 Å². The van der Waals surface area contributed by atoms with Crippen molar-refractivity contribution >= 4 is 11.0 Å². The third-order valence-electron chi connectivity index (χ3n) is 6.07. The van der Waals surface area contributed by atoms with Crippen molar-refractivity contribution in [3.63, 3.8) is 0 Å². The Hall–Kier alpha value is -2.33. The second-order valence-corrected chi connectivity index (χ2v) is 8.43. The lowest BCUT2D eigenvalue weighted by Gasteiger charge is -2.42. The fourth-order valence-electron chi connectivity index (χ4n) is 4.06. The first kappa shape index (κ1) is 20.4. The Morgan fingerprint density at radius 1 is 1.32 bits per heavy atom. The maximum atomic E-state index is 11.2. The highest BCUT2D eigenvalue weighted by molar-refractivity contribution is 5.77. The Morgan fingerprint density at radius 3 is 2.89 bits per heavy atom. The van der Waals surface area contributed by atoms with Gasteiger partial charge in [0.05, 0.1) is 6.10 Å². The van der Waals surface area contributed by atoms with E-state index in [9.17, 15) is 9.90 Å². The zero-order valence-corrected chi connectivity index (χ0v) is 17.2. The van der Waals surface area contributed by atoms with E-state index in [0.29, 0.717) is 18.1 Å². The molecule has 0 aliphatic heterocycles. The first-order chi connectivity index (χ1) is 13.3. The van der Waals surface area contributed by atoms with E-state index in [-0.39, 0.29) is 17.1 Å². The van der Waals surface area contributed by atoms with Crippen LogP contribution in [-0.2, 0) is 0 Å². The molecule has 0 saturated heterocycles. The van der Waals surface area contributed by atoms with Crippen LogP contribution >= 0.6 is 0 Å². The zero-order chi connectivity index (χ0) is 20.3. The van der Waals surface area contributed by atoms with Gasteiger partial charge in [-0.25, -0.2) is 4.79 Å². The molecule has 150 valence electrons. The van der Waals surface area contributed by atoms with E-state index in [1.807, 2.05) is 12.1 Å². The number of hydrogen-bond donors (Lipinski definition) is 1. The van der Waals surface area contributed by atoms with Crippen molar-refractivity contribution in [3.05, 3.63) is 64.1 Å². The van der Waals surface area contributed by atoms with Crippen LogP contribution in [0.3, 0.4) is 0 Å². The Bertz CT molecular complexity index is 948. The highest BCUT2D eigenvalue weighted by Gasteiger charge is 2.38. The number of allylic oxidation sites excluding steroid dienone is 2. The van der Waals surface area contributed by atoms with Gasteiger partial charge in [-0.3, -0.25) is 0 Å². The van der Waals surface area contributed by atoms with Gasteiger partial charge in [0, 0.05) is 11.5 Å². The molecule has 3 rings (SSSR count). The number of benzene rings is 1. The van der Waals surface area contributed by atoms with Gasteiger partial charge in [-0.2, -0.15) is 0 Å². The maximum absolute atomic E-state index is 11.2. The molecule has 0 amide bonds. The van der Waals surface area contributed by atoms with E-state index in [2.05, 4.69) is 39.8 Å². The predicted octanol–water partition coefficient (Wildman–Crippen LogP) is 5.25. The first-order valence-electron chi connectivity index (χ1n) is 9.94. The topological polar surface area (TPSA) is 59.7 Å². The lowest BCUT2D eigenvalue weighted by atomic mass is 9.65. The summed E-state index contributed by atoms with van der Waals surface area (Å²) in [5, 5.41) is 11.2. The van der Waals surface area contributed by atoms with Gasteiger partial charge < -0.3 is 14.3 Å². The molecule has 1 N–H and O–H groups in total. The van der Waals surface area contributed by atoms with Crippen molar-refractivity contribution in [1.82, 2.24) is 0 Å². The Morgan fingerprint density at radius 2 is 2.11 bits per heavy atom. The lowest BCUT2D eigenvalue weighted by molar-refractivity contribution is 0.00848. The van der Waals surface area contributed by atoms with E-state index in [1.165, 1.54) is 17.2 Å². The molecule has 2 atom stereocenters. The quantitative estimate of drug-likeness (QED) is 0.547. The van der Waals surface area contributed by atoms with E-state index in [1.54, 1.807) is 12.1 Å². The van der Waals surface area contributed by atoms with Crippen LogP contribution < -0.4 is 10.4 Å². The van der Waals surface area contributed by atoms with Crippen LogP contribution in [0.15, 0.2) is 62.8 Å². The van der Waals surface area contributed by atoms with Crippen molar-refractivity contribution in [1.29, 1.82) is 0 Å². The van der Waals surface area contributed by atoms with Crippen LogP contribution in [0.5, 0.6) is 5.75 Å². The van der Waals surface area contributed by atoms with Gasteiger partial charge in [-0.1, -0.05) is 31.1 Å². The molecule has 0 saturated carbocycles. The third-order valence-corrected chi connectivity index (χ3v) is 6.07. The molecule has 1 aliphatic carbocycles. The van der Waals surface area contributed by atoms with E-state index < -0.39 is 0 Å². The second-order valence-electron chi connectivity index (χ2n) is 8.43. The van der Waals surface area contributed by atoms with Crippen LogP contribution in [0.25, 0.3) is 11.0 Å². The summed E-state index contributed by atoms with van der Waals surface area (Å²) in [4.78, 5) is 11.2. The predicted molar refractivity (Wildman–Crippen MR) is 113 cm³/mol. The molecule has 2 unspecified atom stereocenters. The number of ether oxygens (including phenoxy) is 1. The lowest BCUT2D eigenvalue weighted by Crippen LogP contribution is -2.39. The number of fused-ring (bicyclic) bond motifs is 1. The van der Waals surface area contributed by atoms with Crippen LogP contribution in [0.2, 0.25) is 0 Å². The third kappa shape index (κ3) is 4.56. The molecule has 1 heterocycles. The fourth-order valence-corrected chi connectivity index (χ4v) is 4.06. The molecule has 1 aliphatic rings. The minimum absolute atomic E-state index is 0.0876. The average molecular weight is 383 g/mol. The summed E-state index contributed by atoms with van der Waals surface area (Å²) in [6.45, 7) is 9.15. The normalized spacial score (nSPS) is 22.2. The first-order valence-corrected chi connectivity index (χ1v) is 9.94.